The van der Waals surface area contributed by atoms with Gasteiger partial charge in [-0.25, -0.2) is 8.42 Å². The largest absolute Gasteiger partial charge is 0.395 e. The number of nitrogens with zero attached hydrogens (tertiary/aromatic N) is 2. The van der Waals surface area contributed by atoms with Gasteiger partial charge in [0.2, 0.25) is 10.0 Å². The van der Waals surface area contributed by atoms with Gasteiger partial charge in [-0.1, -0.05) is 12.2 Å². The molecule has 1 aromatic heterocycles. The van der Waals surface area contributed by atoms with Crippen LogP contribution in [0.5, 0.6) is 0 Å². The molecule has 0 saturated carbocycles. The Morgan fingerprint density at radius 3 is 2.84 bits per heavy atom. The SMILES string of the molecule is NC(=S)c1ccc(S(=O)(=O)N2CCCC2CO)cn1. The number of aliphatic hydroxyl groups excluding tert-OH is 1. The first-order chi connectivity index (χ1) is 8.96. The standard InChI is InChI=1S/C11H15N3O3S2/c12-11(18)10-4-3-9(6-13-10)19(16,17)14-5-1-2-8(14)7-15/h3-4,6,8,15H,1-2,5,7H2,(H2,12,18). The van der Waals surface area contributed by atoms with Gasteiger partial charge >= 0.3 is 0 Å². The third-order valence-electron chi connectivity index (χ3n) is 3.13. The van der Waals surface area contributed by atoms with Crippen molar-refractivity contribution in [1.82, 2.24) is 9.29 Å². The summed E-state index contributed by atoms with van der Waals surface area (Å²) in [6, 6.07) is 2.57. The molecule has 104 valence electrons. The maximum Gasteiger partial charge on any atom is 0.244 e. The van der Waals surface area contributed by atoms with Crippen LogP contribution in [-0.4, -0.2) is 47.0 Å². The number of nitrogens with two attached hydrogens (primary N) is 1. The Morgan fingerprint density at radius 2 is 2.32 bits per heavy atom. The van der Waals surface area contributed by atoms with E-state index in [1.165, 1.54) is 22.6 Å². The Labute approximate surface area is 117 Å². The van der Waals surface area contributed by atoms with Gasteiger partial charge in [0.15, 0.2) is 0 Å². The first-order valence-corrected chi connectivity index (χ1v) is 7.70. The minimum Gasteiger partial charge on any atom is -0.395 e. The Kier molecular flexibility index (Phi) is 4.14. The maximum absolute atomic E-state index is 12.4. The molecule has 2 rings (SSSR count). The number of hydrogen-bond donors (Lipinski definition) is 2. The molecule has 1 aromatic rings. The zero-order valence-corrected chi connectivity index (χ0v) is 11.8. The second-order valence-electron chi connectivity index (χ2n) is 4.34. The summed E-state index contributed by atoms with van der Waals surface area (Å²) in [7, 11) is -3.62. The van der Waals surface area contributed by atoms with E-state index in [0.29, 0.717) is 18.7 Å². The van der Waals surface area contributed by atoms with Gasteiger partial charge in [-0.3, -0.25) is 4.98 Å². The molecule has 1 saturated heterocycles. The molecule has 0 spiro atoms. The molecule has 1 aliphatic rings. The fourth-order valence-corrected chi connectivity index (χ4v) is 3.87. The summed E-state index contributed by atoms with van der Waals surface area (Å²) in [5.41, 5.74) is 5.80. The summed E-state index contributed by atoms with van der Waals surface area (Å²) in [4.78, 5) is 4.15. The predicted molar refractivity (Wildman–Crippen MR) is 74.1 cm³/mol. The van der Waals surface area contributed by atoms with Gasteiger partial charge < -0.3 is 10.8 Å². The van der Waals surface area contributed by atoms with E-state index in [4.69, 9.17) is 18.0 Å². The smallest absolute Gasteiger partial charge is 0.244 e. The lowest BCUT2D eigenvalue weighted by molar-refractivity contribution is 0.213. The number of hydrogen-bond acceptors (Lipinski definition) is 5. The highest BCUT2D eigenvalue weighted by atomic mass is 32.2. The Hall–Kier alpha value is -1.09. The highest BCUT2D eigenvalue weighted by molar-refractivity contribution is 7.89. The number of rotatable bonds is 4. The molecule has 19 heavy (non-hydrogen) atoms. The molecule has 0 aromatic carbocycles. The summed E-state index contributed by atoms with van der Waals surface area (Å²) in [5.74, 6) is 0. The summed E-state index contributed by atoms with van der Waals surface area (Å²) >= 11 is 4.77. The minimum absolute atomic E-state index is 0.0906. The van der Waals surface area contributed by atoms with Crippen LogP contribution in [0.25, 0.3) is 0 Å². The highest BCUT2D eigenvalue weighted by Gasteiger charge is 2.34. The Morgan fingerprint density at radius 1 is 1.58 bits per heavy atom. The molecule has 8 heteroatoms. The van der Waals surface area contributed by atoms with Crippen LogP contribution in [0.1, 0.15) is 18.5 Å². The lowest BCUT2D eigenvalue weighted by Gasteiger charge is -2.22. The van der Waals surface area contributed by atoms with E-state index >= 15 is 0 Å². The molecule has 0 bridgehead atoms. The maximum atomic E-state index is 12.4. The summed E-state index contributed by atoms with van der Waals surface area (Å²) in [6.45, 7) is 0.252. The second kappa shape index (κ2) is 5.49. The lowest BCUT2D eigenvalue weighted by atomic mass is 10.2. The van der Waals surface area contributed by atoms with Crippen LogP contribution in [-0.2, 0) is 10.0 Å². The van der Waals surface area contributed by atoms with Crippen molar-refractivity contribution < 1.29 is 13.5 Å². The molecular weight excluding hydrogens is 286 g/mol. The third-order valence-corrected chi connectivity index (χ3v) is 5.27. The fourth-order valence-electron chi connectivity index (χ4n) is 2.12. The van der Waals surface area contributed by atoms with Crippen LogP contribution < -0.4 is 5.73 Å². The highest BCUT2D eigenvalue weighted by Crippen LogP contribution is 2.25. The molecule has 0 amide bonds. The number of pyridine rings is 1. The van der Waals surface area contributed by atoms with Crippen LogP contribution in [0.15, 0.2) is 23.2 Å². The minimum atomic E-state index is -3.62. The molecule has 0 aliphatic carbocycles. The van der Waals surface area contributed by atoms with Crippen molar-refractivity contribution in [3.63, 3.8) is 0 Å². The van der Waals surface area contributed by atoms with E-state index in [2.05, 4.69) is 4.98 Å². The van der Waals surface area contributed by atoms with Crippen LogP contribution in [0.3, 0.4) is 0 Å². The van der Waals surface area contributed by atoms with E-state index in [-0.39, 0.29) is 22.5 Å². The molecule has 1 atom stereocenters. The van der Waals surface area contributed by atoms with E-state index in [1.807, 2.05) is 0 Å². The van der Waals surface area contributed by atoms with Gasteiger partial charge in [-0.2, -0.15) is 4.31 Å². The molecule has 1 aliphatic heterocycles. The average Bonchev–Trinajstić information content (AvgIpc) is 2.87. The second-order valence-corrected chi connectivity index (χ2v) is 6.67. The van der Waals surface area contributed by atoms with Gasteiger partial charge in [0.1, 0.15) is 9.88 Å². The van der Waals surface area contributed by atoms with E-state index in [9.17, 15) is 13.5 Å². The third kappa shape index (κ3) is 2.76. The first-order valence-electron chi connectivity index (χ1n) is 5.85. The van der Waals surface area contributed by atoms with Crippen molar-refractivity contribution in [2.45, 2.75) is 23.8 Å². The lowest BCUT2D eigenvalue weighted by Crippen LogP contribution is -2.37. The van der Waals surface area contributed by atoms with E-state index < -0.39 is 10.0 Å². The van der Waals surface area contributed by atoms with Crippen LogP contribution in [0, 0.1) is 0 Å². The van der Waals surface area contributed by atoms with E-state index in [0.717, 1.165) is 6.42 Å². The monoisotopic (exact) mass is 301 g/mol. The van der Waals surface area contributed by atoms with Crippen molar-refractivity contribution in [2.24, 2.45) is 5.73 Å². The normalized spacial score (nSPS) is 20.6. The van der Waals surface area contributed by atoms with Gasteiger partial charge in [-0.15, -0.1) is 0 Å². The number of aromatic nitrogens is 1. The molecule has 0 radical (unpaired) electrons. The molecule has 6 nitrogen and oxygen atoms in total. The van der Waals surface area contributed by atoms with Gasteiger partial charge in [0, 0.05) is 18.8 Å². The number of sulfonamides is 1. The average molecular weight is 301 g/mol. The Balaban J connectivity index is 2.31. The molecule has 3 N–H and O–H groups in total. The van der Waals surface area contributed by atoms with Crippen molar-refractivity contribution in [1.29, 1.82) is 0 Å². The van der Waals surface area contributed by atoms with Crippen LogP contribution in [0.2, 0.25) is 0 Å². The molecular formula is C11H15N3O3S2. The topological polar surface area (TPSA) is 96.5 Å². The summed E-state index contributed by atoms with van der Waals surface area (Å²) in [5, 5.41) is 9.21. The van der Waals surface area contributed by atoms with Crippen LogP contribution >= 0.6 is 12.2 Å². The van der Waals surface area contributed by atoms with Crippen LogP contribution in [0.4, 0.5) is 0 Å². The zero-order chi connectivity index (χ0) is 14.0. The molecule has 1 fully saturated rings. The number of aliphatic hydroxyl groups is 1. The summed E-state index contributed by atoms with van der Waals surface area (Å²) in [6.07, 6.45) is 2.67. The van der Waals surface area contributed by atoms with Crippen molar-refractivity contribution in [2.75, 3.05) is 13.2 Å². The van der Waals surface area contributed by atoms with Gasteiger partial charge in [-0.05, 0) is 25.0 Å². The molecule has 2 heterocycles. The fraction of sp³-hybridized carbons (Fsp3) is 0.455. The quantitative estimate of drug-likeness (QED) is 0.752. The van der Waals surface area contributed by atoms with E-state index in [1.54, 1.807) is 0 Å². The van der Waals surface area contributed by atoms with Crippen molar-refractivity contribution >= 4 is 27.2 Å². The Bertz CT molecular complexity index is 571. The first kappa shape index (κ1) is 14.3. The van der Waals surface area contributed by atoms with Crippen molar-refractivity contribution in [3.8, 4) is 0 Å². The van der Waals surface area contributed by atoms with Gasteiger partial charge in [0.25, 0.3) is 0 Å². The van der Waals surface area contributed by atoms with Gasteiger partial charge in [0.05, 0.1) is 12.3 Å². The van der Waals surface area contributed by atoms with Crippen molar-refractivity contribution in [3.05, 3.63) is 24.0 Å². The summed E-state index contributed by atoms with van der Waals surface area (Å²) < 4.78 is 26.1. The predicted octanol–water partition coefficient (Wildman–Crippen LogP) is -0.139. The number of thiocarbonyl (C=S) groups is 1. The molecule has 1 unspecified atom stereocenters. The zero-order valence-electron chi connectivity index (χ0n) is 10.2.